The zero-order valence-electron chi connectivity index (χ0n) is 20.3. The standard InChI is InChI=1S/C32H23N3O2S/c36-31(34-26-18-17-25-20-24-14-7-8-16-28(24)35-29(25)21-26)27-15-9-19-33-32(27)38(37)30(22-10-3-1-4-11-22)23-12-5-2-6-13-23/h1-21,30H,(H,34,36). The first-order valence-corrected chi connectivity index (χ1v) is 13.4. The normalized spacial score (nSPS) is 12.0. The van der Waals surface area contributed by atoms with Crippen LogP contribution in [0.5, 0.6) is 0 Å². The average Bonchev–Trinajstić information content (AvgIpc) is 2.97. The lowest BCUT2D eigenvalue weighted by molar-refractivity contribution is 0.102. The van der Waals surface area contributed by atoms with Crippen molar-refractivity contribution in [2.45, 2.75) is 10.3 Å². The molecule has 0 aliphatic rings. The van der Waals surface area contributed by atoms with E-state index in [2.05, 4.69) is 16.4 Å². The summed E-state index contributed by atoms with van der Waals surface area (Å²) in [6, 6.07) is 38.3. The largest absolute Gasteiger partial charge is 0.322 e. The summed E-state index contributed by atoms with van der Waals surface area (Å²) in [4.78, 5) is 22.6. The van der Waals surface area contributed by atoms with E-state index in [9.17, 15) is 9.00 Å². The van der Waals surface area contributed by atoms with E-state index in [0.29, 0.717) is 5.69 Å². The topological polar surface area (TPSA) is 72.0 Å². The highest BCUT2D eigenvalue weighted by atomic mass is 32.2. The summed E-state index contributed by atoms with van der Waals surface area (Å²) in [5, 5.41) is 4.77. The number of rotatable bonds is 6. The van der Waals surface area contributed by atoms with E-state index in [1.807, 2.05) is 103 Å². The molecular formula is C32H23N3O2S. The highest BCUT2D eigenvalue weighted by Gasteiger charge is 2.27. The summed E-state index contributed by atoms with van der Waals surface area (Å²) in [6.45, 7) is 0. The highest BCUT2D eigenvalue weighted by molar-refractivity contribution is 7.85. The third-order valence-corrected chi connectivity index (χ3v) is 8.08. The lowest BCUT2D eigenvalue weighted by Gasteiger charge is -2.19. The van der Waals surface area contributed by atoms with Crippen LogP contribution in [-0.2, 0) is 10.8 Å². The van der Waals surface area contributed by atoms with Gasteiger partial charge >= 0.3 is 0 Å². The molecule has 6 heteroatoms. The number of benzene rings is 4. The lowest BCUT2D eigenvalue weighted by atomic mass is 10.0. The Morgan fingerprint density at radius 1 is 0.684 bits per heavy atom. The molecule has 6 aromatic rings. The molecule has 1 unspecified atom stereocenters. The van der Waals surface area contributed by atoms with Crippen LogP contribution in [0.1, 0.15) is 26.7 Å². The van der Waals surface area contributed by atoms with Gasteiger partial charge in [-0.05, 0) is 47.5 Å². The van der Waals surface area contributed by atoms with Gasteiger partial charge in [0.15, 0.2) is 0 Å². The van der Waals surface area contributed by atoms with Gasteiger partial charge in [0.2, 0.25) is 0 Å². The minimum absolute atomic E-state index is 0.243. The fourth-order valence-corrected chi connectivity index (χ4v) is 6.15. The average molecular weight is 514 g/mol. The fraction of sp³-hybridized carbons (Fsp3) is 0.0312. The summed E-state index contributed by atoms with van der Waals surface area (Å²) in [6.07, 6.45) is 1.57. The zero-order valence-corrected chi connectivity index (χ0v) is 21.1. The summed E-state index contributed by atoms with van der Waals surface area (Å²) >= 11 is 0. The molecule has 2 heterocycles. The van der Waals surface area contributed by atoms with Gasteiger partial charge in [-0.25, -0.2) is 9.97 Å². The van der Waals surface area contributed by atoms with Crippen molar-refractivity contribution in [2.24, 2.45) is 0 Å². The van der Waals surface area contributed by atoms with Crippen molar-refractivity contribution < 1.29 is 9.00 Å². The number of nitrogens with zero attached hydrogens (tertiary/aromatic N) is 2. The van der Waals surface area contributed by atoms with Crippen LogP contribution in [0.4, 0.5) is 5.69 Å². The maximum atomic E-state index is 14.1. The first-order valence-electron chi connectivity index (χ1n) is 12.2. The Bertz CT molecular complexity index is 1750. The van der Waals surface area contributed by atoms with Gasteiger partial charge in [-0.15, -0.1) is 0 Å². The molecule has 1 atom stereocenters. The molecule has 0 saturated carbocycles. The Morgan fingerprint density at radius 2 is 1.34 bits per heavy atom. The van der Waals surface area contributed by atoms with Gasteiger partial charge in [0.1, 0.15) is 5.03 Å². The lowest BCUT2D eigenvalue weighted by Crippen LogP contribution is -2.18. The molecule has 38 heavy (non-hydrogen) atoms. The predicted molar refractivity (Wildman–Crippen MR) is 153 cm³/mol. The highest BCUT2D eigenvalue weighted by Crippen LogP contribution is 2.33. The van der Waals surface area contributed by atoms with Gasteiger partial charge in [-0.2, -0.15) is 0 Å². The van der Waals surface area contributed by atoms with Gasteiger partial charge in [0.05, 0.1) is 32.6 Å². The van der Waals surface area contributed by atoms with E-state index < -0.39 is 16.0 Å². The van der Waals surface area contributed by atoms with Crippen molar-refractivity contribution in [1.29, 1.82) is 0 Å². The second-order valence-electron chi connectivity index (χ2n) is 8.90. The number of amides is 1. The minimum Gasteiger partial charge on any atom is -0.322 e. The molecule has 0 aliphatic heterocycles. The number of carbonyl (C=O) groups is 1. The summed E-state index contributed by atoms with van der Waals surface area (Å²) in [7, 11) is -1.64. The van der Waals surface area contributed by atoms with Crippen molar-refractivity contribution in [3.63, 3.8) is 0 Å². The molecule has 0 saturated heterocycles. The van der Waals surface area contributed by atoms with Gasteiger partial charge in [-0.1, -0.05) is 84.9 Å². The molecule has 4 aromatic carbocycles. The summed E-state index contributed by atoms with van der Waals surface area (Å²) < 4.78 is 14.1. The number of aromatic nitrogens is 2. The second-order valence-corrected chi connectivity index (χ2v) is 10.4. The monoisotopic (exact) mass is 513 g/mol. The van der Waals surface area contributed by atoms with E-state index in [4.69, 9.17) is 4.98 Å². The minimum atomic E-state index is -1.64. The first-order chi connectivity index (χ1) is 18.7. The van der Waals surface area contributed by atoms with Gasteiger partial charge in [0, 0.05) is 22.7 Å². The number of pyridine rings is 2. The second kappa shape index (κ2) is 10.4. The van der Waals surface area contributed by atoms with Crippen LogP contribution in [0, 0.1) is 0 Å². The SMILES string of the molecule is O=C(Nc1ccc2cc3ccccc3nc2c1)c1cccnc1S(=O)C(c1ccccc1)c1ccccc1. The molecule has 6 rings (SSSR count). The molecule has 0 spiro atoms. The molecular weight excluding hydrogens is 490 g/mol. The van der Waals surface area contributed by atoms with Crippen LogP contribution >= 0.6 is 0 Å². The summed E-state index contributed by atoms with van der Waals surface area (Å²) in [5.41, 5.74) is 4.33. The Balaban J connectivity index is 1.34. The van der Waals surface area contributed by atoms with Gasteiger partial charge in [-0.3, -0.25) is 9.00 Å². The number of anilines is 1. The number of hydrogen-bond acceptors (Lipinski definition) is 4. The third-order valence-electron chi connectivity index (χ3n) is 6.40. The molecule has 0 radical (unpaired) electrons. The van der Waals surface area contributed by atoms with Crippen molar-refractivity contribution in [3.05, 3.63) is 144 Å². The Kier molecular flexibility index (Phi) is 6.46. The first kappa shape index (κ1) is 23.7. The number of hydrogen-bond donors (Lipinski definition) is 1. The molecule has 0 aliphatic carbocycles. The molecule has 0 fully saturated rings. The molecule has 5 nitrogen and oxygen atoms in total. The van der Waals surface area contributed by atoms with Crippen LogP contribution in [0.3, 0.4) is 0 Å². The van der Waals surface area contributed by atoms with Crippen molar-refractivity contribution in [2.75, 3.05) is 5.32 Å². The zero-order chi connectivity index (χ0) is 25.9. The predicted octanol–water partition coefficient (Wildman–Crippen LogP) is 6.93. The smallest absolute Gasteiger partial charge is 0.258 e. The maximum absolute atomic E-state index is 14.1. The number of carbonyl (C=O) groups excluding carboxylic acids is 1. The van der Waals surface area contributed by atoms with E-state index in [0.717, 1.165) is 32.9 Å². The maximum Gasteiger partial charge on any atom is 0.258 e. The quantitative estimate of drug-likeness (QED) is 0.245. The van der Waals surface area contributed by atoms with Crippen LogP contribution in [0.25, 0.3) is 21.8 Å². The summed E-state index contributed by atoms with van der Waals surface area (Å²) in [5.74, 6) is -0.374. The van der Waals surface area contributed by atoms with Crippen LogP contribution in [0.2, 0.25) is 0 Å². The Morgan fingerprint density at radius 3 is 2.08 bits per heavy atom. The van der Waals surface area contributed by atoms with Gasteiger partial charge < -0.3 is 5.32 Å². The Hall–Kier alpha value is -4.68. The van der Waals surface area contributed by atoms with Gasteiger partial charge in [0.25, 0.3) is 5.91 Å². The van der Waals surface area contributed by atoms with Crippen LogP contribution in [-0.4, -0.2) is 20.1 Å². The molecule has 0 bridgehead atoms. The number of nitrogens with one attached hydrogen (secondary N) is 1. The van der Waals surface area contributed by atoms with E-state index >= 15 is 0 Å². The molecule has 2 aromatic heterocycles. The fourth-order valence-electron chi connectivity index (χ4n) is 4.58. The van der Waals surface area contributed by atoms with E-state index in [-0.39, 0.29) is 16.5 Å². The molecule has 184 valence electrons. The van der Waals surface area contributed by atoms with Crippen molar-refractivity contribution >= 4 is 44.2 Å². The van der Waals surface area contributed by atoms with Crippen LogP contribution < -0.4 is 5.32 Å². The van der Waals surface area contributed by atoms with Crippen molar-refractivity contribution in [1.82, 2.24) is 9.97 Å². The van der Waals surface area contributed by atoms with E-state index in [1.165, 1.54) is 0 Å². The van der Waals surface area contributed by atoms with E-state index in [1.54, 1.807) is 18.3 Å². The van der Waals surface area contributed by atoms with Crippen molar-refractivity contribution in [3.8, 4) is 0 Å². The molecule has 1 N–H and O–H groups in total. The van der Waals surface area contributed by atoms with Crippen LogP contribution in [0.15, 0.2) is 133 Å². The number of para-hydroxylation sites is 1. The third kappa shape index (κ3) is 4.69. The Labute approximate surface area is 222 Å². The molecule has 1 amide bonds. The number of fused-ring (bicyclic) bond motifs is 2.